The van der Waals surface area contributed by atoms with Crippen molar-refractivity contribution in [2.75, 3.05) is 5.32 Å². The number of carbonyl (C=O) groups is 1. The Morgan fingerprint density at radius 1 is 1.27 bits per heavy atom. The van der Waals surface area contributed by atoms with Crippen LogP contribution in [-0.2, 0) is 4.79 Å². The summed E-state index contributed by atoms with van der Waals surface area (Å²) in [4.78, 5) is 16.2. The first-order valence-corrected chi connectivity index (χ1v) is 7.52. The summed E-state index contributed by atoms with van der Waals surface area (Å²) in [5, 5.41) is 2.83. The number of oxazole rings is 1. The number of hydrogen-bond donors (Lipinski definition) is 1. The normalized spacial score (nSPS) is 11.2. The van der Waals surface area contributed by atoms with Crippen LogP contribution in [0, 0.1) is 6.92 Å². The zero-order chi connectivity index (χ0) is 15.5. The van der Waals surface area contributed by atoms with Crippen molar-refractivity contribution in [2.24, 2.45) is 0 Å². The van der Waals surface area contributed by atoms with Gasteiger partial charge in [0, 0.05) is 22.3 Å². The molecule has 0 radical (unpaired) electrons. The Bertz CT molecular complexity index is 835. The van der Waals surface area contributed by atoms with Gasteiger partial charge in [0.25, 0.3) is 0 Å². The van der Waals surface area contributed by atoms with Crippen LogP contribution in [0.15, 0.2) is 57.4 Å². The number of halogens is 1. The molecule has 0 aliphatic carbocycles. The van der Waals surface area contributed by atoms with Crippen molar-refractivity contribution < 1.29 is 9.21 Å². The third kappa shape index (κ3) is 3.26. The van der Waals surface area contributed by atoms with E-state index in [1.165, 1.54) is 6.08 Å². The Morgan fingerprint density at radius 3 is 2.86 bits per heavy atom. The van der Waals surface area contributed by atoms with Crippen molar-refractivity contribution in [2.45, 2.75) is 6.92 Å². The maximum Gasteiger partial charge on any atom is 0.248 e. The van der Waals surface area contributed by atoms with Crippen LogP contribution in [0.2, 0.25) is 0 Å². The van der Waals surface area contributed by atoms with E-state index in [9.17, 15) is 4.79 Å². The van der Waals surface area contributed by atoms with Crippen molar-refractivity contribution in [1.82, 2.24) is 4.98 Å². The number of para-hydroxylation sites is 2. The van der Waals surface area contributed by atoms with E-state index in [4.69, 9.17) is 4.42 Å². The fourth-order valence-corrected chi connectivity index (χ4v) is 2.53. The molecule has 0 aliphatic rings. The number of nitrogens with one attached hydrogen (secondary N) is 1. The van der Waals surface area contributed by atoms with E-state index in [2.05, 4.69) is 26.2 Å². The molecule has 0 fully saturated rings. The average molecular weight is 357 g/mol. The molecule has 0 bridgehead atoms. The number of anilines is 1. The van der Waals surface area contributed by atoms with Crippen molar-refractivity contribution >= 4 is 44.7 Å². The molecule has 3 rings (SSSR count). The number of amides is 1. The number of fused-ring (bicyclic) bond motifs is 1. The molecule has 22 heavy (non-hydrogen) atoms. The number of nitrogens with zero attached hydrogens (tertiary/aromatic N) is 1. The van der Waals surface area contributed by atoms with E-state index < -0.39 is 0 Å². The maximum atomic E-state index is 12.0. The zero-order valence-corrected chi connectivity index (χ0v) is 13.4. The van der Waals surface area contributed by atoms with Crippen LogP contribution >= 0.6 is 15.9 Å². The van der Waals surface area contributed by atoms with E-state index in [1.807, 2.05) is 49.4 Å². The van der Waals surface area contributed by atoms with Crippen LogP contribution in [0.3, 0.4) is 0 Å². The predicted molar refractivity (Wildman–Crippen MR) is 90.6 cm³/mol. The SMILES string of the molecule is Cc1cc(Br)ccc1NC(=O)/C=C/c1nc2ccccc2o1. The number of carbonyl (C=O) groups excluding carboxylic acids is 1. The minimum Gasteiger partial charge on any atom is -0.437 e. The number of hydrogen-bond acceptors (Lipinski definition) is 3. The summed E-state index contributed by atoms with van der Waals surface area (Å²) >= 11 is 3.39. The molecule has 0 aliphatic heterocycles. The Balaban J connectivity index is 1.73. The summed E-state index contributed by atoms with van der Waals surface area (Å²) in [6.07, 6.45) is 2.97. The van der Waals surface area contributed by atoms with Gasteiger partial charge in [-0.25, -0.2) is 4.98 Å². The fourth-order valence-electron chi connectivity index (χ4n) is 2.05. The van der Waals surface area contributed by atoms with Gasteiger partial charge in [-0.05, 0) is 42.8 Å². The molecule has 4 nitrogen and oxygen atoms in total. The lowest BCUT2D eigenvalue weighted by Gasteiger charge is -2.06. The Labute approximate surface area is 136 Å². The molecule has 1 aromatic heterocycles. The van der Waals surface area contributed by atoms with Gasteiger partial charge in [-0.2, -0.15) is 0 Å². The fraction of sp³-hybridized carbons (Fsp3) is 0.0588. The lowest BCUT2D eigenvalue weighted by atomic mass is 10.2. The number of rotatable bonds is 3. The lowest BCUT2D eigenvalue weighted by molar-refractivity contribution is -0.111. The highest BCUT2D eigenvalue weighted by Gasteiger charge is 2.04. The van der Waals surface area contributed by atoms with Gasteiger partial charge in [-0.3, -0.25) is 4.79 Å². The largest absolute Gasteiger partial charge is 0.437 e. The Kier molecular flexibility index (Phi) is 4.06. The van der Waals surface area contributed by atoms with E-state index in [1.54, 1.807) is 6.08 Å². The van der Waals surface area contributed by atoms with Gasteiger partial charge in [0.1, 0.15) is 5.52 Å². The highest BCUT2D eigenvalue weighted by Crippen LogP contribution is 2.20. The lowest BCUT2D eigenvalue weighted by Crippen LogP contribution is -2.08. The van der Waals surface area contributed by atoms with Crippen LogP contribution in [0.25, 0.3) is 17.2 Å². The average Bonchev–Trinajstić information content (AvgIpc) is 2.91. The molecule has 3 aromatic rings. The smallest absolute Gasteiger partial charge is 0.248 e. The van der Waals surface area contributed by atoms with Crippen molar-refractivity contribution in [3.63, 3.8) is 0 Å². The maximum absolute atomic E-state index is 12.0. The van der Waals surface area contributed by atoms with Gasteiger partial charge < -0.3 is 9.73 Å². The quantitative estimate of drug-likeness (QED) is 0.700. The second-order valence-electron chi connectivity index (χ2n) is 4.80. The van der Waals surface area contributed by atoms with Gasteiger partial charge in [-0.15, -0.1) is 0 Å². The molecule has 2 aromatic carbocycles. The molecule has 1 amide bonds. The van der Waals surface area contributed by atoms with Crippen molar-refractivity contribution in [1.29, 1.82) is 0 Å². The number of aryl methyl sites for hydroxylation is 1. The molecule has 5 heteroatoms. The third-order valence-electron chi connectivity index (χ3n) is 3.13. The van der Waals surface area contributed by atoms with E-state index in [0.29, 0.717) is 11.5 Å². The number of aromatic nitrogens is 1. The van der Waals surface area contributed by atoms with E-state index >= 15 is 0 Å². The van der Waals surface area contributed by atoms with Crippen LogP contribution in [0.1, 0.15) is 11.5 Å². The van der Waals surface area contributed by atoms with E-state index in [-0.39, 0.29) is 5.91 Å². The van der Waals surface area contributed by atoms with Gasteiger partial charge in [0.05, 0.1) is 0 Å². The summed E-state index contributed by atoms with van der Waals surface area (Å²) < 4.78 is 6.50. The van der Waals surface area contributed by atoms with Crippen LogP contribution in [-0.4, -0.2) is 10.9 Å². The molecule has 0 saturated carbocycles. The van der Waals surface area contributed by atoms with Gasteiger partial charge in [0.15, 0.2) is 5.58 Å². The molecular formula is C17H13BrN2O2. The molecule has 0 atom stereocenters. The predicted octanol–water partition coefficient (Wildman–Crippen LogP) is 4.55. The monoisotopic (exact) mass is 356 g/mol. The first-order chi connectivity index (χ1) is 10.6. The third-order valence-corrected chi connectivity index (χ3v) is 3.63. The molecule has 0 unspecified atom stereocenters. The summed E-state index contributed by atoms with van der Waals surface area (Å²) in [7, 11) is 0. The van der Waals surface area contributed by atoms with Crippen LogP contribution in [0.4, 0.5) is 5.69 Å². The molecular weight excluding hydrogens is 344 g/mol. The topological polar surface area (TPSA) is 55.1 Å². The van der Waals surface area contributed by atoms with Crippen LogP contribution < -0.4 is 5.32 Å². The summed E-state index contributed by atoms with van der Waals surface area (Å²) in [6, 6.07) is 13.1. The number of benzene rings is 2. The first kappa shape index (κ1) is 14.5. The van der Waals surface area contributed by atoms with Crippen LogP contribution in [0.5, 0.6) is 0 Å². The second-order valence-corrected chi connectivity index (χ2v) is 5.72. The standard InChI is InChI=1S/C17H13BrN2O2/c1-11-10-12(18)6-7-13(11)19-16(21)8-9-17-20-14-4-2-3-5-15(14)22-17/h2-10H,1H3,(H,19,21)/b9-8+. The summed E-state index contributed by atoms with van der Waals surface area (Å²) in [6.45, 7) is 1.94. The zero-order valence-electron chi connectivity index (χ0n) is 11.8. The van der Waals surface area contributed by atoms with Crippen molar-refractivity contribution in [3.8, 4) is 0 Å². The molecule has 1 heterocycles. The molecule has 110 valence electrons. The highest BCUT2D eigenvalue weighted by molar-refractivity contribution is 9.10. The minimum atomic E-state index is -0.229. The molecule has 0 saturated heterocycles. The Hall–Kier alpha value is -2.40. The molecule has 1 N–H and O–H groups in total. The van der Waals surface area contributed by atoms with Gasteiger partial charge in [-0.1, -0.05) is 28.1 Å². The second kappa shape index (κ2) is 6.15. The summed E-state index contributed by atoms with van der Waals surface area (Å²) in [5.74, 6) is 0.177. The van der Waals surface area contributed by atoms with E-state index in [0.717, 1.165) is 21.2 Å². The molecule has 0 spiro atoms. The van der Waals surface area contributed by atoms with Gasteiger partial charge in [0.2, 0.25) is 11.8 Å². The summed E-state index contributed by atoms with van der Waals surface area (Å²) in [5.41, 5.74) is 3.23. The van der Waals surface area contributed by atoms with Gasteiger partial charge >= 0.3 is 0 Å². The Morgan fingerprint density at radius 2 is 2.09 bits per heavy atom. The highest BCUT2D eigenvalue weighted by atomic mass is 79.9. The first-order valence-electron chi connectivity index (χ1n) is 6.72. The minimum absolute atomic E-state index is 0.229. The van der Waals surface area contributed by atoms with Crippen molar-refractivity contribution in [3.05, 3.63) is 64.5 Å².